The van der Waals surface area contributed by atoms with Crippen LogP contribution >= 0.6 is 0 Å². The third-order valence-corrected chi connectivity index (χ3v) is 6.73. The molecule has 2 heterocycles. The van der Waals surface area contributed by atoms with Crippen LogP contribution in [0.5, 0.6) is 5.75 Å². The van der Waals surface area contributed by atoms with Crippen molar-refractivity contribution in [2.45, 2.75) is 25.3 Å². The quantitative estimate of drug-likeness (QED) is 0.426. The van der Waals surface area contributed by atoms with Crippen molar-refractivity contribution in [3.63, 3.8) is 0 Å². The van der Waals surface area contributed by atoms with E-state index in [1.807, 2.05) is 30.4 Å². The largest absolute Gasteiger partial charge is 0.497 e. The van der Waals surface area contributed by atoms with E-state index in [1.165, 1.54) is 12.1 Å². The number of benzene rings is 3. The average molecular weight is 498 g/mol. The Morgan fingerprint density at radius 3 is 2.62 bits per heavy atom. The summed E-state index contributed by atoms with van der Waals surface area (Å²) < 4.78 is 19.3. The first-order valence-electron chi connectivity index (χ1n) is 12.2. The van der Waals surface area contributed by atoms with Crippen molar-refractivity contribution in [2.24, 2.45) is 0 Å². The molecule has 1 aromatic heterocycles. The number of hydrogen-bond donors (Lipinski definition) is 2. The maximum Gasteiger partial charge on any atom is 0.249 e. The van der Waals surface area contributed by atoms with E-state index in [0.717, 1.165) is 22.3 Å². The van der Waals surface area contributed by atoms with E-state index in [4.69, 9.17) is 4.74 Å². The number of methoxy groups -OCH3 is 1. The van der Waals surface area contributed by atoms with Gasteiger partial charge in [0.15, 0.2) is 0 Å². The molecule has 2 amide bonds. The van der Waals surface area contributed by atoms with Crippen molar-refractivity contribution in [3.8, 4) is 5.75 Å². The Morgan fingerprint density at radius 2 is 1.84 bits per heavy atom. The van der Waals surface area contributed by atoms with Crippen LogP contribution in [0.2, 0.25) is 0 Å². The number of likely N-dealkylation sites (N-methyl/N-ethyl adjacent to an activating group) is 1. The fraction of sp³-hybridized carbons (Fsp3) is 0.200. The van der Waals surface area contributed by atoms with Gasteiger partial charge in [-0.25, -0.2) is 4.39 Å². The van der Waals surface area contributed by atoms with Gasteiger partial charge in [-0.3, -0.25) is 9.59 Å². The van der Waals surface area contributed by atoms with Crippen LogP contribution in [0, 0.1) is 5.82 Å². The lowest BCUT2D eigenvalue weighted by Crippen LogP contribution is -2.49. The molecule has 2 bridgehead atoms. The first kappa shape index (κ1) is 24.3. The van der Waals surface area contributed by atoms with Crippen LogP contribution in [0.25, 0.3) is 17.0 Å². The molecule has 4 aromatic rings. The van der Waals surface area contributed by atoms with Gasteiger partial charge in [0.05, 0.1) is 13.5 Å². The van der Waals surface area contributed by atoms with E-state index >= 15 is 0 Å². The number of amides is 2. The summed E-state index contributed by atoms with van der Waals surface area (Å²) in [6, 6.07) is 18.9. The average Bonchev–Trinajstić information content (AvgIpc) is 3.23. The molecule has 0 spiro atoms. The van der Waals surface area contributed by atoms with Gasteiger partial charge in [0.25, 0.3) is 0 Å². The minimum Gasteiger partial charge on any atom is -0.497 e. The van der Waals surface area contributed by atoms with Crippen molar-refractivity contribution in [2.75, 3.05) is 19.1 Å². The summed E-state index contributed by atoms with van der Waals surface area (Å²) in [5.41, 5.74) is 4.95. The summed E-state index contributed by atoms with van der Waals surface area (Å²) >= 11 is 0. The van der Waals surface area contributed by atoms with E-state index in [1.54, 1.807) is 49.4 Å². The number of anilines is 1. The number of carbonyl (C=O) groups is 2. The number of allylic oxidation sites excluding steroid dienone is 1. The Morgan fingerprint density at radius 1 is 1.05 bits per heavy atom. The Kier molecular flexibility index (Phi) is 6.77. The van der Waals surface area contributed by atoms with Crippen LogP contribution in [0.1, 0.15) is 22.4 Å². The predicted octanol–water partition coefficient (Wildman–Crippen LogP) is 4.82. The number of fused-ring (bicyclic) bond motifs is 5. The number of nitrogens with zero attached hydrogens (tertiary/aromatic N) is 1. The van der Waals surface area contributed by atoms with E-state index < -0.39 is 6.04 Å². The molecule has 37 heavy (non-hydrogen) atoms. The molecule has 1 aliphatic heterocycles. The highest BCUT2D eigenvalue weighted by atomic mass is 19.1. The zero-order valence-electron chi connectivity index (χ0n) is 20.8. The number of nitrogens with one attached hydrogen (secondary N) is 2. The number of carbonyl (C=O) groups excluding carboxylic acids is 2. The third-order valence-electron chi connectivity index (χ3n) is 6.73. The van der Waals surface area contributed by atoms with Crippen molar-refractivity contribution in [3.05, 3.63) is 101 Å². The van der Waals surface area contributed by atoms with Gasteiger partial charge in [-0.05, 0) is 71.7 Å². The molecule has 0 saturated heterocycles. The maximum absolute atomic E-state index is 14.1. The smallest absolute Gasteiger partial charge is 0.249 e. The molecule has 0 radical (unpaired) electrons. The second kappa shape index (κ2) is 10.3. The van der Waals surface area contributed by atoms with Gasteiger partial charge in [0.2, 0.25) is 11.8 Å². The van der Waals surface area contributed by atoms with Gasteiger partial charge < -0.3 is 19.9 Å². The lowest BCUT2D eigenvalue weighted by Gasteiger charge is -2.25. The number of aromatic nitrogens is 1. The zero-order valence-corrected chi connectivity index (χ0v) is 20.8. The molecule has 0 fully saturated rings. The standard InChI is InChI=1S/C30H28FN3O3/c1-34(22-10-12-23(37-2)13-11-22)30(36)28-16-20-7-3-5-19(15-20)6-4-8-26-25(18-29(35)33-28)24-17-21(31)9-14-27(24)32-26/h3-5,7-15,17,28,32H,6,16,18H2,1-2H3,(H,33,35)/b8-4+/t28-/m0/s1. The number of halogens is 1. The van der Waals surface area contributed by atoms with Crippen LogP contribution in [0.15, 0.2) is 72.8 Å². The molecule has 3 aromatic carbocycles. The molecule has 1 aliphatic rings. The monoisotopic (exact) mass is 497 g/mol. The van der Waals surface area contributed by atoms with Gasteiger partial charge in [-0.2, -0.15) is 0 Å². The molecule has 5 rings (SSSR count). The Balaban J connectivity index is 1.51. The van der Waals surface area contributed by atoms with Crippen molar-refractivity contribution < 1.29 is 18.7 Å². The van der Waals surface area contributed by atoms with E-state index in [9.17, 15) is 14.0 Å². The topological polar surface area (TPSA) is 74.4 Å². The molecular weight excluding hydrogens is 469 g/mol. The van der Waals surface area contributed by atoms with Gasteiger partial charge in [0.1, 0.15) is 17.6 Å². The van der Waals surface area contributed by atoms with E-state index in [0.29, 0.717) is 35.2 Å². The Bertz CT molecular complexity index is 1490. The van der Waals surface area contributed by atoms with Gasteiger partial charge in [0, 0.05) is 35.8 Å². The molecule has 6 nitrogen and oxygen atoms in total. The normalized spacial score (nSPS) is 16.5. The Labute approximate surface area is 214 Å². The second-order valence-corrected chi connectivity index (χ2v) is 9.23. The first-order valence-corrected chi connectivity index (χ1v) is 12.2. The van der Waals surface area contributed by atoms with Crippen LogP contribution in [-0.4, -0.2) is 37.0 Å². The minimum atomic E-state index is -0.783. The summed E-state index contributed by atoms with van der Waals surface area (Å²) in [6.45, 7) is 0. The van der Waals surface area contributed by atoms with Gasteiger partial charge >= 0.3 is 0 Å². The lowest BCUT2D eigenvalue weighted by atomic mass is 10.0. The maximum atomic E-state index is 14.1. The van der Waals surface area contributed by atoms with Crippen LogP contribution in [0.3, 0.4) is 0 Å². The first-order chi connectivity index (χ1) is 17.9. The molecule has 0 aliphatic carbocycles. The second-order valence-electron chi connectivity index (χ2n) is 9.23. The van der Waals surface area contributed by atoms with Crippen molar-refractivity contribution in [1.29, 1.82) is 0 Å². The lowest BCUT2D eigenvalue weighted by molar-refractivity contribution is -0.127. The molecule has 0 saturated carbocycles. The molecular formula is C30H28FN3O3. The number of aromatic amines is 1. The fourth-order valence-corrected chi connectivity index (χ4v) is 4.78. The highest BCUT2D eigenvalue weighted by Gasteiger charge is 2.26. The number of hydrogen-bond acceptors (Lipinski definition) is 3. The number of ether oxygens (including phenoxy) is 1. The summed E-state index contributed by atoms with van der Waals surface area (Å²) in [4.78, 5) is 31.8. The highest BCUT2D eigenvalue weighted by molar-refractivity contribution is 6.00. The molecule has 1 atom stereocenters. The predicted molar refractivity (Wildman–Crippen MR) is 143 cm³/mol. The molecule has 188 valence electrons. The summed E-state index contributed by atoms with van der Waals surface area (Å²) in [5.74, 6) is -0.220. The molecule has 2 N–H and O–H groups in total. The van der Waals surface area contributed by atoms with Crippen molar-refractivity contribution >= 4 is 34.5 Å². The summed E-state index contributed by atoms with van der Waals surface area (Å²) in [6.07, 6.45) is 5.00. The Hall–Kier alpha value is -4.39. The van der Waals surface area contributed by atoms with Crippen LogP contribution in [-0.2, 0) is 28.9 Å². The summed E-state index contributed by atoms with van der Waals surface area (Å²) in [5, 5.41) is 3.62. The van der Waals surface area contributed by atoms with Crippen molar-refractivity contribution in [1.82, 2.24) is 10.3 Å². The highest BCUT2D eigenvalue weighted by Crippen LogP contribution is 2.26. The fourth-order valence-electron chi connectivity index (χ4n) is 4.78. The van der Waals surface area contributed by atoms with Crippen LogP contribution < -0.4 is 15.0 Å². The molecule has 7 heteroatoms. The van der Waals surface area contributed by atoms with E-state index in [2.05, 4.69) is 16.4 Å². The number of rotatable bonds is 3. The third kappa shape index (κ3) is 5.26. The van der Waals surface area contributed by atoms with Gasteiger partial charge in [-0.1, -0.05) is 30.3 Å². The molecule has 0 unspecified atom stereocenters. The van der Waals surface area contributed by atoms with Gasteiger partial charge in [-0.15, -0.1) is 0 Å². The SMILES string of the molecule is COc1ccc(N(C)C(=O)[C@@H]2Cc3cccc(c3)C/C=C/c3[nH]c4ccc(F)cc4c3CC(=O)N2)cc1. The van der Waals surface area contributed by atoms with E-state index in [-0.39, 0.29) is 24.1 Å². The summed E-state index contributed by atoms with van der Waals surface area (Å²) in [7, 11) is 3.28. The minimum absolute atomic E-state index is 0.0107. The number of H-pyrrole nitrogens is 1. The van der Waals surface area contributed by atoms with Crippen LogP contribution in [0.4, 0.5) is 10.1 Å². The zero-order chi connectivity index (χ0) is 25.9.